The summed E-state index contributed by atoms with van der Waals surface area (Å²) >= 11 is 5.30. The van der Waals surface area contributed by atoms with Crippen LogP contribution in [-0.4, -0.2) is 30.9 Å². The van der Waals surface area contributed by atoms with Gasteiger partial charge in [-0.25, -0.2) is 12.8 Å². The number of piperidine rings is 1. The van der Waals surface area contributed by atoms with Gasteiger partial charge in [0, 0.05) is 18.8 Å². The zero-order chi connectivity index (χ0) is 19.4. The average molecular weight is 408 g/mol. The molecule has 2 N–H and O–H groups in total. The molecule has 144 valence electrons. The van der Waals surface area contributed by atoms with Crippen molar-refractivity contribution in [3.8, 4) is 0 Å². The fourth-order valence-electron chi connectivity index (χ4n) is 3.01. The molecule has 1 heterocycles. The highest BCUT2D eigenvalue weighted by Gasteiger charge is 2.28. The SMILES string of the molecule is Cc1ccc(NC(=S)Nc2ccc(F)cc2)c(S(=O)(=O)N2CCCCC2)c1. The topological polar surface area (TPSA) is 61.4 Å². The zero-order valence-corrected chi connectivity index (χ0v) is 16.7. The van der Waals surface area contributed by atoms with E-state index >= 15 is 0 Å². The van der Waals surface area contributed by atoms with Crippen molar-refractivity contribution in [3.63, 3.8) is 0 Å². The van der Waals surface area contributed by atoms with Crippen LogP contribution in [0.2, 0.25) is 0 Å². The number of aryl methyl sites for hydroxylation is 1. The monoisotopic (exact) mass is 407 g/mol. The highest BCUT2D eigenvalue weighted by atomic mass is 32.2. The van der Waals surface area contributed by atoms with Gasteiger partial charge in [-0.1, -0.05) is 12.5 Å². The Hall–Kier alpha value is -2.03. The Balaban J connectivity index is 1.83. The average Bonchev–Trinajstić information content (AvgIpc) is 2.65. The van der Waals surface area contributed by atoms with Crippen LogP contribution >= 0.6 is 12.2 Å². The molecule has 1 aliphatic heterocycles. The molecule has 27 heavy (non-hydrogen) atoms. The van der Waals surface area contributed by atoms with Gasteiger partial charge in [0.2, 0.25) is 10.0 Å². The maximum Gasteiger partial charge on any atom is 0.245 e. The molecular weight excluding hydrogens is 385 g/mol. The summed E-state index contributed by atoms with van der Waals surface area (Å²) in [7, 11) is -3.61. The fourth-order valence-corrected chi connectivity index (χ4v) is 4.99. The Labute approximate surface area is 164 Å². The van der Waals surface area contributed by atoms with E-state index in [1.54, 1.807) is 24.3 Å². The van der Waals surface area contributed by atoms with Crippen LogP contribution in [0, 0.1) is 12.7 Å². The first-order valence-corrected chi connectivity index (χ1v) is 10.7. The molecule has 0 aromatic heterocycles. The summed E-state index contributed by atoms with van der Waals surface area (Å²) in [5.74, 6) is -0.340. The summed E-state index contributed by atoms with van der Waals surface area (Å²) in [6.45, 7) is 2.93. The minimum atomic E-state index is -3.61. The van der Waals surface area contributed by atoms with Crippen LogP contribution in [0.25, 0.3) is 0 Å². The Morgan fingerprint density at radius 2 is 1.70 bits per heavy atom. The number of halogens is 1. The van der Waals surface area contributed by atoms with E-state index < -0.39 is 10.0 Å². The molecule has 0 bridgehead atoms. The molecule has 0 atom stereocenters. The molecule has 0 unspecified atom stereocenters. The van der Waals surface area contributed by atoms with Crippen LogP contribution in [0.4, 0.5) is 15.8 Å². The number of nitrogens with zero attached hydrogens (tertiary/aromatic N) is 1. The Morgan fingerprint density at radius 3 is 2.37 bits per heavy atom. The standard InChI is InChI=1S/C19H22FN3O2S2/c1-14-5-10-17(22-19(26)21-16-8-6-15(20)7-9-16)18(13-14)27(24,25)23-11-3-2-4-12-23/h5-10,13H,2-4,11-12H2,1H3,(H2,21,22,26). The van der Waals surface area contributed by atoms with Crippen molar-refractivity contribution in [3.05, 3.63) is 53.8 Å². The van der Waals surface area contributed by atoms with E-state index in [0.717, 1.165) is 24.8 Å². The summed E-state index contributed by atoms with van der Waals surface area (Å²) in [5.41, 5.74) is 1.89. The van der Waals surface area contributed by atoms with E-state index in [-0.39, 0.29) is 15.8 Å². The molecule has 0 saturated carbocycles. The second-order valence-electron chi connectivity index (χ2n) is 6.55. The number of nitrogens with one attached hydrogen (secondary N) is 2. The molecular formula is C19H22FN3O2S2. The van der Waals surface area contributed by atoms with E-state index in [0.29, 0.717) is 24.5 Å². The predicted octanol–water partition coefficient (Wildman–Crippen LogP) is 4.12. The quantitative estimate of drug-likeness (QED) is 0.747. The first kappa shape index (κ1) is 19.7. The number of thiocarbonyl (C=S) groups is 1. The van der Waals surface area contributed by atoms with Gasteiger partial charge in [0.05, 0.1) is 5.69 Å². The summed E-state index contributed by atoms with van der Waals surface area (Å²) in [6.07, 6.45) is 2.80. The molecule has 3 rings (SSSR count). The van der Waals surface area contributed by atoms with Gasteiger partial charge in [-0.05, 0) is 73.9 Å². The lowest BCUT2D eigenvalue weighted by molar-refractivity contribution is 0.347. The van der Waals surface area contributed by atoms with Crippen LogP contribution in [-0.2, 0) is 10.0 Å². The molecule has 8 heteroatoms. The normalized spacial score (nSPS) is 15.3. The molecule has 0 amide bonds. The van der Waals surface area contributed by atoms with Gasteiger partial charge in [0.15, 0.2) is 5.11 Å². The highest BCUT2D eigenvalue weighted by Crippen LogP contribution is 2.28. The van der Waals surface area contributed by atoms with E-state index in [1.165, 1.54) is 16.4 Å². The third-order valence-electron chi connectivity index (χ3n) is 4.42. The maximum atomic E-state index is 13.1. The number of anilines is 2. The van der Waals surface area contributed by atoms with Crippen LogP contribution in [0.5, 0.6) is 0 Å². The van der Waals surface area contributed by atoms with Gasteiger partial charge in [-0.2, -0.15) is 4.31 Å². The number of benzene rings is 2. The fraction of sp³-hybridized carbons (Fsp3) is 0.316. The van der Waals surface area contributed by atoms with Gasteiger partial charge >= 0.3 is 0 Å². The zero-order valence-electron chi connectivity index (χ0n) is 15.0. The molecule has 2 aromatic rings. The third-order valence-corrected chi connectivity index (χ3v) is 6.56. The minimum absolute atomic E-state index is 0.215. The second kappa shape index (κ2) is 8.33. The van der Waals surface area contributed by atoms with E-state index in [1.807, 2.05) is 13.0 Å². The summed E-state index contributed by atoms with van der Waals surface area (Å²) in [6, 6.07) is 11.0. The van der Waals surface area contributed by atoms with Gasteiger partial charge in [0.1, 0.15) is 10.7 Å². The second-order valence-corrected chi connectivity index (χ2v) is 8.86. The van der Waals surface area contributed by atoms with E-state index in [4.69, 9.17) is 12.2 Å². The Kier molecular flexibility index (Phi) is 6.08. The summed E-state index contributed by atoms with van der Waals surface area (Å²) < 4.78 is 40.8. The molecule has 0 radical (unpaired) electrons. The summed E-state index contributed by atoms with van der Waals surface area (Å²) in [4.78, 5) is 0.215. The van der Waals surface area contributed by atoms with Crippen molar-refractivity contribution in [2.75, 3.05) is 23.7 Å². The van der Waals surface area contributed by atoms with E-state index in [2.05, 4.69) is 10.6 Å². The predicted molar refractivity (Wildman–Crippen MR) is 110 cm³/mol. The molecule has 0 spiro atoms. The molecule has 1 saturated heterocycles. The van der Waals surface area contributed by atoms with Crippen LogP contribution in [0.15, 0.2) is 47.4 Å². The number of hydrogen-bond acceptors (Lipinski definition) is 3. The van der Waals surface area contributed by atoms with Gasteiger partial charge in [-0.15, -0.1) is 0 Å². The minimum Gasteiger partial charge on any atom is -0.332 e. The molecule has 1 fully saturated rings. The smallest absolute Gasteiger partial charge is 0.245 e. The largest absolute Gasteiger partial charge is 0.332 e. The number of hydrogen-bond donors (Lipinski definition) is 2. The van der Waals surface area contributed by atoms with Crippen LogP contribution in [0.3, 0.4) is 0 Å². The lowest BCUT2D eigenvalue weighted by atomic mass is 10.2. The number of rotatable bonds is 4. The molecule has 0 aliphatic carbocycles. The molecule has 5 nitrogen and oxygen atoms in total. The maximum absolute atomic E-state index is 13.1. The van der Waals surface area contributed by atoms with Crippen molar-refractivity contribution in [1.82, 2.24) is 4.31 Å². The van der Waals surface area contributed by atoms with Crippen LogP contribution in [0.1, 0.15) is 24.8 Å². The molecule has 2 aromatic carbocycles. The van der Waals surface area contributed by atoms with Crippen molar-refractivity contribution >= 4 is 38.7 Å². The lowest BCUT2D eigenvalue weighted by Crippen LogP contribution is -2.36. The van der Waals surface area contributed by atoms with E-state index in [9.17, 15) is 12.8 Å². The summed E-state index contributed by atoms with van der Waals surface area (Å²) in [5, 5.41) is 6.14. The third kappa shape index (κ3) is 4.82. The van der Waals surface area contributed by atoms with Crippen molar-refractivity contribution < 1.29 is 12.8 Å². The first-order chi connectivity index (χ1) is 12.9. The van der Waals surface area contributed by atoms with Crippen molar-refractivity contribution in [2.45, 2.75) is 31.1 Å². The first-order valence-electron chi connectivity index (χ1n) is 8.80. The van der Waals surface area contributed by atoms with Crippen LogP contribution < -0.4 is 10.6 Å². The van der Waals surface area contributed by atoms with Gasteiger partial charge in [0.25, 0.3) is 0 Å². The molecule has 1 aliphatic rings. The Bertz CT molecular complexity index is 924. The van der Waals surface area contributed by atoms with Gasteiger partial charge < -0.3 is 10.6 Å². The Morgan fingerprint density at radius 1 is 1.04 bits per heavy atom. The van der Waals surface area contributed by atoms with Crippen molar-refractivity contribution in [2.24, 2.45) is 0 Å². The highest BCUT2D eigenvalue weighted by molar-refractivity contribution is 7.89. The van der Waals surface area contributed by atoms with Gasteiger partial charge in [-0.3, -0.25) is 0 Å². The lowest BCUT2D eigenvalue weighted by Gasteiger charge is -2.27. The number of sulfonamides is 1. The van der Waals surface area contributed by atoms with Crippen molar-refractivity contribution in [1.29, 1.82) is 0 Å².